The Hall–Kier alpha value is -2.61. The summed E-state index contributed by atoms with van der Waals surface area (Å²) in [5.74, 6) is -0.157. The molecule has 0 saturated carbocycles. The standard InChI is InChI=1S/C18H13NO2/c1-2-15-13-8-4-3-7-12(13)11-19-17(20)14-9-5-6-10-16(14)18(15,19)21/h3-10,21H,1,11H2. The van der Waals surface area contributed by atoms with Crippen LogP contribution < -0.4 is 0 Å². The molecule has 1 atom stereocenters. The number of nitrogens with zero attached hydrogens (tertiary/aromatic N) is 1. The molecule has 0 spiro atoms. The zero-order valence-electron chi connectivity index (χ0n) is 11.3. The van der Waals surface area contributed by atoms with Crippen molar-refractivity contribution in [1.29, 1.82) is 0 Å². The van der Waals surface area contributed by atoms with Crippen LogP contribution in [0.1, 0.15) is 27.0 Å². The van der Waals surface area contributed by atoms with E-state index in [4.69, 9.17) is 0 Å². The molecule has 21 heavy (non-hydrogen) atoms. The van der Waals surface area contributed by atoms with E-state index in [0.29, 0.717) is 23.2 Å². The maximum Gasteiger partial charge on any atom is 0.257 e. The summed E-state index contributed by atoms with van der Waals surface area (Å²) in [5, 5.41) is 11.3. The monoisotopic (exact) mass is 275 g/mol. The third kappa shape index (κ3) is 1.34. The van der Waals surface area contributed by atoms with E-state index in [1.807, 2.05) is 36.4 Å². The number of benzene rings is 2. The summed E-state index contributed by atoms with van der Waals surface area (Å²) in [6.45, 7) is 4.11. The summed E-state index contributed by atoms with van der Waals surface area (Å²) in [4.78, 5) is 14.1. The number of carbonyl (C=O) groups excluding carboxylic acids is 1. The lowest BCUT2D eigenvalue weighted by Crippen LogP contribution is -2.47. The van der Waals surface area contributed by atoms with Crippen molar-refractivity contribution in [2.45, 2.75) is 12.3 Å². The van der Waals surface area contributed by atoms with Gasteiger partial charge in [0, 0.05) is 11.1 Å². The maximum atomic E-state index is 12.6. The number of amides is 1. The van der Waals surface area contributed by atoms with Gasteiger partial charge in [-0.25, -0.2) is 0 Å². The van der Waals surface area contributed by atoms with Crippen LogP contribution >= 0.6 is 0 Å². The van der Waals surface area contributed by atoms with E-state index in [1.54, 1.807) is 12.1 Å². The van der Waals surface area contributed by atoms with Crippen molar-refractivity contribution in [2.75, 3.05) is 0 Å². The van der Waals surface area contributed by atoms with Crippen LogP contribution in [-0.2, 0) is 12.3 Å². The Balaban J connectivity index is 2.07. The largest absolute Gasteiger partial charge is 0.362 e. The van der Waals surface area contributed by atoms with Crippen molar-refractivity contribution < 1.29 is 9.90 Å². The van der Waals surface area contributed by atoms with Gasteiger partial charge in [0.05, 0.1) is 12.1 Å². The van der Waals surface area contributed by atoms with Crippen LogP contribution in [-0.4, -0.2) is 15.9 Å². The van der Waals surface area contributed by atoms with E-state index >= 15 is 0 Å². The summed E-state index contributed by atoms with van der Waals surface area (Å²) in [5.41, 5.74) is 4.97. The lowest BCUT2D eigenvalue weighted by atomic mass is 9.84. The zero-order chi connectivity index (χ0) is 14.6. The van der Waals surface area contributed by atoms with Crippen molar-refractivity contribution in [1.82, 2.24) is 4.90 Å². The molecule has 0 bridgehead atoms. The molecule has 1 unspecified atom stereocenters. The molecule has 0 saturated heterocycles. The summed E-state index contributed by atoms with van der Waals surface area (Å²) in [6, 6.07) is 14.9. The Bertz CT molecular complexity index is 833. The van der Waals surface area contributed by atoms with Gasteiger partial charge in [-0.05, 0) is 17.2 Å². The summed E-state index contributed by atoms with van der Waals surface area (Å²) in [7, 11) is 0. The Labute approximate surface area is 122 Å². The van der Waals surface area contributed by atoms with Gasteiger partial charge >= 0.3 is 0 Å². The van der Waals surface area contributed by atoms with Crippen molar-refractivity contribution in [3.8, 4) is 0 Å². The third-order valence-corrected chi connectivity index (χ3v) is 4.31. The Morgan fingerprint density at radius 2 is 1.76 bits per heavy atom. The van der Waals surface area contributed by atoms with Crippen molar-refractivity contribution in [3.05, 3.63) is 83.1 Å². The summed E-state index contributed by atoms with van der Waals surface area (Å²) >= 11 is 0. The predicted octanol–water partition coefficient (Wildman–Crippen LogP) is 2.67. The lowest BCUT2D eigenvalue weighted by Gasteiger charge is -2.40. The van der Waals surface area contributed by atoms with Crippen molar-refractivity contribution >= 4 is 11.5 Å². The third-order valence-electron chi connectivity index (χ3n) is 4.31. The van der Waals surface area contributed by atoms with Gasteiger partial charge in [0.25, 0.3) is 5.91 Å². The molecular weight excluding hydrogens is 262 g/mol. The molecule has 0 aliphatic carbocycles. The van der Waals surface area contributed by atoms with Gasteiger partial charge in [-0.15, -0.1) is 5.73 Å². The summed E-state index contributed by atoms with van der Waals surface area (Å²) in [6.07, 6.45) is 0. The second-order valence-corrected chi connectivity index (χ2v) is 5.32. The minimum atomic E-state index is -1.47. The first-order valence-electron chi connectivity index (χ1n) is 6.80. The van der Waals surface area contributed by atoms with Gasteiger partial charge in [-0.3, -0.25) is 9.69 Å². The second-order valence-electron chi connectivity index (χ2n) is 5.32. The van der Waals surface area contributed by atoms with E-state index in [9.17, 15) is 9.90 Å². The minimum absolute atomic E-state index is 0.157. The van der Waals surface area contributed by atoms with Gasteiger partial charge < -0.3 is 5.11 Å². The van der Waals surface area contributed by atoms with E-state index in [-0.39, 0.29) is 5.91 Å². The zero-order valence-corrected chi connectivity index (χ0v) is 11.3. The van der Waals surface area contributed by atoms with Crippen LogP contribution in [0.3, 0.4) is 0 Å². The van der Waals surface area contributed by atoms with Gasteiger partial charge in [0.1, 0.15) is 0 Å². The molecule has 1 N–H and O–H groups in total. The number of aliphatic hydroxyl groups is 1. The Morgan fingerprint density at radius 3 is 2.52 bits per heavy atom. The highest BCUT2D eigenvalue weighted by Gasteiger charge is 2.53. The quantitative estimate of drug-likeness (QED) is 0.751. The van der Waals surface area contributed by atoms with Crippen LogP contribution in [0.5, 0.6) is 0 Å². The number of carbonyl (C=O) groups is 1. The van der Waals surface area contributed by atoms with Crippen LogP contribution in [0.4, 0.5) is 0 Å². The Morgan fingerprint density at radius 1 is 1.10 bits per heavy atom. The molecule has 2 aromatic rings. The first-order valence-corrected chi connectivity index (χ1v) is 6.80. The average molecular weight is 275 g/mol. The first-order chi connectivity index (χ1) is 10.2. The molecule has 0 aromatic heterocycles. The molecule has 4 rings (SSSR count). The van der Waals surface area contributed by atoms with Gasteiger partial charge in [-0.1, -0.05) is 49.0 Å². The van der Waals surface area contributed by atoms with Gasteiger partial charge in [0.2, 0.25) is 5.72 Å². The molecule has 2 aliphatic heterocycles. The molecule has 0 fully saturated rings. The van der Waals surface area contributed by atoms with Crippen LogP contribution in [0, 0.1) is 0 Å². The molecule has 0 radical (unpaired) electrons. The summed E-state index contributed by atoms with van der Waals surface area (Å²) < 4.78 is 0. The maximum absolute atomic E-state index is 12.6. The SMILES string of the molecule is C=C=C1c2ccccc2CN2C(=O)c3ccccc3C12O. The topological polar surface area (TPSA) is 40.5 Å². The Kier molecular flexibility index (Phi) is 2.29. The lowest BCUT2D eigenvalue weighted by molar-refractivity contribution is -0.0433. The van der Waals surface area contributed by atoms with Crippen LogP contribution in [0.2, 0.25) is 0 Å². The highest BCUT2D eigenvalue weighted by molar-refractivity contribution is 6.03. The van der Waals surface area contributed by atoms with Crippen LogP contribution in [0.25, 0.3) is 5.57 Å². The van der Waals surface area contributed by atoms with E-state index in [2.05, 4.69) is 12.3 Å². The normalized spacial score (nSPS) is 22.4. The minimum Gasteiger partial charge on any atom is -0.362 e. The number of hydrogen-bond acceptors (Lipinski definition) is 2. The fraction of sp³-hybridized carbons (Fsp3) is 0.111. The number of rotatable bonds is 0. The second kappa shape index (κ2) is 3.95. The van der Waals surface area contributed by atoms with Crippen molar-refractivity contribution in [3.63, 3.8) is 0 Å². The number of hydrogen-bond donors (Lipinski definition) is 1. The molecule has 2 heterocycles. The fourth-order valence-corrected chi connectivity index (χ4v) is 3.35. The number of fused-ring (bicyclic) bond motifs is 4. The molecule has 3 nitrogen and oxygen atoms in total. The molecule has 3 heteroatoms. The highest BCUT2D eigenvalue weighted by Crippen LogP contribution is 2.50. The van der Waals surface area contributed by atoms with Crippen LogP contribution in [0.15, 0.2) is 60.8 Å². The predicted molar refractivity (Wildman–Crippen MR) is 79.2 cm³/mol. The highest BCUT2D eigenvalue weighted by atomic mass is 16.3. The van der Waals surface area contributed by atoms with Gasteiger partial charge in [0.15, 0.2) is 0 Å². The van der Waals surface area contributed by atoms with Gasteiger partial charge in [-0.2, -0.15) is 0 Å². The molecule has 2 aromatic carbocycles. The van der Waals surface area contributed by atoms with E-state index < -0.39 is 5.72 Å². The van der Waals surface area contributed by atoms with E-state index in [1.165, 1.54) is 4.90 Å². The first kappa shape index (κ1) is 12.2. The van der Waals surface area contributed by atoms with Crippen molar-refractivity contribution in [2.24, 2.45) is 0 Å². The van der Waals surface area contributed by atoms with E-state index in [0.717, 1.165) is 11.1 Å². The molecule has 2 aliphatic rings. The molecule has 1 amide bonds. The molecule has 102 valence electrons. The molecular formula is C18H13NO2. The fourth-order valence-electron chi connectivity index (χ4n) is 3.35. The average Bonchev–Trinajstić information content (AvgIpc) is 2.74. The smallest absolute Gasteiger partial charge is 0.257 e.